The molecule has 2 heterocycles. The van der Waals surface area contributed by atoms with E-state index < -0.39 is 0 Å². The molecule has 0 bridgehead atoms. The fourth-order valence-corrected chi connectivity index (χ4v) is 3.40. The van der Waals surface area contributed by atoms with Crippen LogP contribution in [0.2, 0.25) is 0 Å². The third-order valence-corrected chi connectivity index (χ3v) is 4.84. The second-order valence-corrected chi connectivity index (χ2v) is 6.46. The van der Waals surface area contributed by atoms with Gasteiger partial charge in [0.25, 0.3) is 0 Å². The molecule has 0 amide bonds. The quantitative estimate of drug-likeness (QED) is 0.834. The number of hydrogen-bond donors (Lipinski definition) is 1. The summed E-state index contributed by atoms with van der Waals surface area (Å²) in [5.74, 6) is 0. The molecule has 116 valence electrons. The fourth-order valence-electron chi connectivity index (χ4n) is 3.40. The minimum Gasteiger partial charge on any atom is -0.373 e. The van der Waals surface area contributed by atoms with Gasteiger partial charge < -0.3 is 10.2 Å². The monoisotopic (exact) mass is 288 g/mol. The van der Waals surface area contributed by atoms with Crippen LogP contribution < -0.4 is 10.2 Å². The van der Waals surface area contributed by atoms with Crippen molar-refractivity contribution in [3.8, 4) is 0 Å². The molecule has 3 rings (SSSR count). The van der Waals surface area contributed by atoms with Crippen LogP contribution >= 0.6 is 0 Å². The predicted molar refractivity (Wildman–Crippen MR) is 87.6 cm³/mol. The summed E-state index contributed by atoms with van der Waals surface area (Å²) in [5, 5.41) is 3.60. The molecule has 21 heavy (non-hydrogen) atoms. The second-order valence-electron chi connectivity index (χ2n) is 6.46. The average Bonchev–Trinajstić information content (AvgIpc) is 3.24. The highest BCUT2D eigenvalue weighted by atomic mass is 15.2. The SMILES string of the molecule is CCN1CCCC1CN(C)c1ccncc1CNC1CC1. The summed E-state index contributed by atoms with van der Waals surface area (Å²) < 4.78 is 0. The summed E-state index contributed by atoms with van der Waals surface area (Å²) in [7, 11) is 2.22. The summed E-state index contributed by atoms with van der Waals surface area (Å²) in [6.45, 7) is 6.77. The topological polar surface area (TPSA) is 31.4 Å². The first-order chi connectivity index (χ1) is 10.3. The Morgan fingerprint density at radius 1 is 1.38 bits per heavy atom. The second kappa shape index (κ2) is 6.75. The van der Waals surface area contributed by atoms with Crippen molar-refractivity contribution in [1.82, 2.24) is 15.2 Å². The van der Waals surface area contributed by atoms with E-state index in [-0.39, 0.29) is 0 Å². The van der Waals surface area contributed by atoms with Crippen molar-refractivity contribution in [3.05, 3.63) is 24.0 Å². The molecule has 1 atom stereocenters. The average molecular weight is 288 g/mol. The Bertz CT molecular complexity index is 458. The highest BCUT2D eigenvalue weighted by Crippen LogP contribution is 2.24. The smallest absolute Gasteiger partial charge is 0.0440 e. The Balaban J connectivity index is 1.63. The maximum atomic E-state index is 4.31. The highest BCUT2D eigenvalue weighted by Gasteiger charge is 2.25. The van der Waals surface area contributed by atoms with Crippen LogP contribution in [0.1, 0.15) is 38.2 Å². The number of aromatic nitrogens is 1. The van der Waals surface area contributed by atoms with Crippen molar-refractivity contribution in [2.75, 3.05) is 31.6 Å². The number of nitrogens with zero attached hydrogens (tertiary/aromatic N) is 3. The lowest BCUT2D eigenvalue weighted by molar-refractivity contribution is 0.270. The van der Waals surface area contributed by atoms with Gasteiger partial charge in [-0.1, -0.05) is 6.92 Å². The standard InChI is InChI=1S/C17H28N4/c1-3-21-10-4-5-16(21)13-20(2)17-8-9-18-11-14(17)12-19-15-6-7-15/h8-9,11,15-16,19H,3-7,10,12-13H2,1-2H3. The molecule has 1 saturated carbocycles. The van der Waals surface area contributed by atoms with E-state index in [1.807, 2.05) is 12.4 Å². The molecule has 1 aliphatic heterocycles. The predicted octanol–water partition coefficient (Wildman–Crippen LogP) is 2.25. The van der Waals surface area contributed by atoms with Crippen LogP contribution in [0.15, 0.2) is 18.5 Å². The number of anilines is 1. The van der Waals surface area contributed by atoms with Gasteiger partial charge in [-0.2, -0.15) is 0 Å². The molecular weight excluding hydrogens is 260 g/mol. The Labute approximate surface area is 128 Å². The van der Waals surface area contributed by atoms with Crippen molar-refractivity contribution < 1.29 is 0 Å². The number of likely N-dealkylation sites (tertiary alicyclic amines) is 1. The Hall–Kier alpha value is -1.13. The molecule has 2 aliphatic rings. The van der Waals surface area contributed by atoms with Crippen molar-refractivity contribution >= 4 is 5.69 Å². The van der Waals surface area contributed by atoms with E-state index in [0.29, 0.717) is 6.04 Å². The number of nitrogens with one attached hydrogen (secondary N) is 1. The van der Waals surface area contributed by atoms with Crippen LogP contribution in [-0.4, -0.2) is 48.6 Å². The molecule has 0 radical (unpaired) electrons. The first kappa shape index (κ1) is 14.8. The molecule has 1 N–H and O–H groups in total. The summed E-state index contributed by atoms with van der Waals surface area (Å²) in [4.78, 5) is 9.34. The third kappa shape index (κ3) is 3.74. The summed E-state index contributed by atoms with van der Waals surface area (Å²) in [5.41, 5.74) is 2.66. The van der Waals surface area contributed by atoms with Gasteiger partial charge in [-0.3, -0.25) is 9.88 Å². The van der Waals surface area contributed by atoms with Crippen molar-refractivity contribution in [3.63, 3.8) is 0 Å². The molecule has 1 aromatic rings. The van der Waals surface area contributed by atoms with Crippen LogP contribution in [0.25, 0.3) is 0 Å². The Morgan fingerprint density at radius 3 is 3.00 bits per heavy atom. The molecule has 4 nitrogen and oxygen atoms in total. The minimum atomic E-state index is 0.706. The summed E-state index contributed by atoms with van der Waals surface area (Å²) in [6.07, 6.45) is 9.28. The normalized spacial score (nSPS) is 22.7. The van der Waals surface area contributed by atoms with E-state index in [1.165, 1.54) is 50.0 Å². The van der Waals surface area contributed by atoms with Crippen molar-refractivity contribution in [2.45, 2.75) is 51.2 Å². The molecule has 4 heteroatoms. The van der Waals surface area contributed by atoms with Gasteiger partial charge in [0.2, 0.25) is 0 Å². The zero-order chi connectivity index (χ0) is 14.7. The lowest BCUT2D eigenvalue weighted by Crippen LogP contribution is -2.39. The molecule has 1 saturated heterocycles. The fraction of sp³-hybridized carbons (Fsp3) is 0.706. The van der Waals surface area contributed by atoms with Gasteiger partial charge >= 0.3 is 0 Å². The largest absolute Gasteiger partial charge is 0.373 e. The van der Waals surface area contributed by atoms with Gasteiger partial charge in [0.15, 0.2) is 0 Å². The highest BCUT2D eigenvalue weighted by molar-refractivity contribution is 5.51. The molecule has 0 spiro atoms. The molecule has 1 aliphatic carbocycles. The van der Waals surface area contributed by atoms with Gasteiger partial charge in [-0.05, 0) is 44.8 Å². The zero-order valence-electron chi connectivity index (χ0n) is 13.4. The zero-order valence-corrected chi connectivity index (χ0v) is 13.4. The van der Waals surface area contributed by atoms with E-state index in [9.17, 15) is 0 Å². The molecule has 1 unspecified atom stereocenters. The lowest BCUT2D eigenvalue weighted by Gasteiger charge is -2.30. The lowest BCUT2D eigenvalue weighted by atomic mass is 10.1. The first-order valence-electron chi connectivity index (χ1n) is 8.39. The molecule has 0 aromatic carbocycles. The number of pyridine rings is 1. The van der Waals surface area contributed by atoms with Gasteiger partial charge in [0.05, 0.1) is 0 Å². The Morgan fingerprint density at radius 2 is 2.24 bits per heavy atom. The first-order valence-corrected chi connectivity index (χ1v) is 8.39. The summed E-state index contributed by atoms with van der Waals surface area (Å²) >= 11 is 0. The van der Waals surface area contributed by atoms with E-state index >= 15 is 0 Å². The number of hydrogen-bond acceptors (Lipinski definition) is 4. The summed E-state index contributed by atoms with van der Waals surface area (Å²) in [6, 6.07) is 3.61. The molecule has 1 aromatic heterocycles. The van der Waals surface area contributed by atoms with E-state index in [1.54, 1.807) is 0 Å². The maximum absolute atomic E-state index is 4.31. The number of likely N-dealkylation sites (N-methyl/N-ethyl adjacent to an activating group) is 2. The van der Waals surface area contributed by atoms with Gasteiger partial charge in [0, 0.05) is 55.9 Å². The number of rotatable bonds is 7. The Kier molecular flexibility index (Phi) is 4.76. The van der Waals surface area contributed by atoms with E-state index in [4.69, 9.17) is 0 Å². The van der Waals surface area contributed by atoms with Gasteiger partial charge in [0.1, 0.15) is 0 Å². The van der Waals surface area contributed by atoms with Gasteiger partial charge in [-0.15, -0.1) is 0 Å². The van der Waals surface area contributed by atoms with Crippen LogP contribution in [0.3, 0.4) is 0 Å². The molecule has 2 fully saturated rings. The van der Waals surface area contributed by atoms with Crippen molar-refractivity contribution in [2.24, 2.45) is 0 Å². The van der Waals surface area contributed by atoms with Crippen LogP contribution in [0, 0.1) is 0 Å². The van der Waals surface area contributed by atoms with Crippen LogP contribution in [0.5, 0.6) is 0 Å². The van der Waals surface area contributed by atoms with Crippen LogP contribution in [-0.2, 0) is 6.54 Å². The van der Waals surface area contributed by atoms with Crippen molar-refractivity contribution in [1.29, 1.82) is 0 Å². The molecular formula is C17H28N4. The van der Waals surface area contributed by atoms with Gasteiger partial charge in [-0.25, -0.2) is 0 Å². The maximum Gasteiger partial charge on any atom is 0.0440 e. The minimum absolute atomic E-state index is 0.706. The van der Waals surface area contributed by atoms with E-state index in [0.717, 1.165) is 19.1 Å². The van der Waals surface area contributed by atoms with Crippen LogP contribution in [0.4, 0.5) is 5.69 Å². The van der Waals surface area contributed by atoms with E-state index in [2.05, 4.69) is 40.1 Å². The third-order valence-electron chi connectivity index (χ3n) is 4.84.